The predicted octanol–water partition coefficient (Wildman–Crippen LogP) is 3.20. The van der Waals surface area contributed by atoms with E-state index in [1.807, 2.05) is 24.4 Å². The van der Waals surface area contributed by atoms with Gasteiger partial charge in [0.1, 0.15) is 17.8 Å². The van der Waals surface area contributed by atoms with Crippen LogP contribution in [0.1, 0.15) is 29.4 Å². The maximum absolute atomic E-state index is 12.8. The van der Waals surface area contributed by atoms with E-state index in [4.69, 9.17) is 9.73 Å². The largest absolute Gasteiger partial charge is 0.378 e. The molecule has 6 rings (SSSR count). The van der Waals surface area contributed by atoms with Gasteiger partial charge in [-0.1, -0.05) is 31.2 Å². The second kappa shape index (κ2) is 9.78. The number of carbonyl (C=O) groups is 1. The minimum absolute atomic E-state index is 0.167. The van der Waals surface area contributed by atoms with Gasteiger partial charge in [0.2, 0.25) is 0 Å². The number of rotatable bonds is 7. The van der Waals surface area contributed by atoms with Gasteiger partial charge >= 0.3 is 0 Å². The fourth-order valence-corrected chi connectivity index (χ4v) is 5.13. The zero-order chi connectivity index (χ0) is 24.5. The third-order valence-electron chi connectivity index (χ3n) is 7.07. The molecule has 0 atom stereocenters. The quantitative estimate of drug-likeness (QED) is 0.511. The van der Waals surface area contributed by atoms with Crippen molar-refractivity contribution < 1.29 is 9.53 Å². The van der Waals surface area contributed by atoms with Gasteiger partial charge in [0.15, 0.2) is 5.82 Å². The number of aromatic nitrogens is 3. The minimum atomic E-state index is 0.167. The van der Waals surface area contributed by atoms with E-state index in [9.17, 15) is 4.79 Å². The molecular weight excluding hydrogens is 452 g/mol. The lowest BCUT2D eigenvalue weighted by Crippen LogP contribution is -2.45. The maximum Gasteiger partial charge on any atom is 0.158 e. The number of ketones is 1. The zero-order valence-corrected chi connectivity index (χ0v) is 20.6. The molecule has 36 heavy (non-hydrogen) atoms. The number of anilines is 2. The van der Waals surface area contributed by atoms with Crippen LogP contribution in [0.15, 0.2) is 53.9 Å². The Morgan fingerprint density at radius 3 is 2.58 bits per heavy atom. The Balaban J connectivity index is 1.10. The van der Waals surface area contributed by atoms with Crippen molar-refractivity contribution in [3.63, 3.8) is 0 Å². The zero-order valence-electron chi connectivity index (χ0n) is 20.6. The Bertz CT molecular complexity index is 1290. The number of carbonyl (C=O) groups excluding carboxylic acids is 1. The first-order valence-electron chi connectivity index (χ1n) is 12.7. The summed E-state index contributed by atoms with van der Waals surface area (Å²) in [4.78, 5) is 35.7. The fourth-order valence-electron chi connectivity index (χ4n) is 5.13. The number of morpholine rings is 1. The van der Waals surface area contributed by atoms with Crippen molar-refractivity contribution in [2.75, 3.05) is 49.2 Å². The van der Waals surface area contributed by atoms with Crippen LogP contribution in [0.5, 0.6) is 0 Å². The first-order valence-corrected chi connectivity index (χ1v) is 12.7. The average molecular weight is 483 g/mol. The Morgan fingerprint density at radius 2 is 1.81 bits per heavy atom. The molecule has 2 fully saturated rings. The molecule has 0 spiro atoms. The number of pyridine rings is 1. The van der Waals surface area contributed by atoms with E-state index in [0.29, 0.717) is 32.5 Å². The van der Waals surface area contributed by atoms with Crippen LogP contribution in [0.3, 0.4) is 0 Å². The summed E-state index contributed by atoms with van der Waals surface area (Å²) in [6, 6.07) is 12.2. The first kappa shape index (κ1) is 22.8. The van der Waals surface area contributed by atoms with Crippen molar-refractivity contribution >= 4 is 28.7 Å². The molecule has 0 bridgehead atoms. The number of hydrogen-bond donors (Lipinski definition) is 0. The van der Waals surface area contributed by atoms with Crippen molar-refractivity contribution in [1.29, 1.82) is 0 Å². The molecule has 0 amide bonds. The molecule has 8 heteroatoms. The Kier molecular flexibility index (Phi) is 6.19. The van der Waals surface area contributed by atoms with Crippen LogP contribution in [0.2, 0.25) is 0 Å². The molecule has 2 saturated heterocycles. The summed E-state index contributed by atoms with van der Waals surface area (Å²) in [5, 5.41) is 0. The van der Waals surface area contributed by atoms with Gasteiger partial charge < -0.3 is 14.5 Å². The van der Waals surface area contributed by atoms with Gasteiger partial charge in [0.05, 0.1) is 24.6 Å². The Labute approximate surface area is 211 Å². The van der Waals surface area contributed by atoms with Gasteiger partial charge in [-0.15, -0.1) is 0 Å². The summed E-state index contributed by atoms with van der Waals surface area (Å²) in [5.74, 6) is 1.79. The monoisotopic (exact) mass is 482 g/mol. The van der Waals surface area contributed by atoms with E-state index in [0.717, 1.165) is 77.5 Å². The van der Waals surface area contributed by atoms with E-state index in [2.05, 4.69) is 49.9 Å². The summed E-state index contributed by atoms with van der Waals surface area (Å²) in [6.07, 6.45) is 4.87. The van der Waals surface area contributed by atoms with Crippen LogP contribution < -0.4 is 9.80 Å². The lowest BCUT2D eigenvalue weighted by Gasteiger charge is -2.39. The lowest BCUT2D eigenvalue weighted by molar-refractivity contribution is -0.117. The molecule has 1 aromatic carbocycles. The maximum atomic E-state index is 12.8. The second-order valence-corrected chi connectivity index (χ2v) is 9.93. The summed E-state index contributed by atoms with van der Waals surface area (Å²) < 4.78 is 5.48. The molecule has 0 aliphatic carbocycles. The topological polar surface area (TPSA) is 83.8 Å². The van der Waals surface area contributed by atoms with Gasteiger partial charge in [-0.2, -0.15) is 0 Å². The molecule has 3 aliphatic rings. The van der Waals surface area contributed by atoms with Crippen molar-refractivity contribution in [1.82, 2.24) is 15.0 Å². The van der Waals surface area contributed by atoms with Gasteiger partial charge in [0.25, 0.3) is 0 Å². The molecule has 2 aromatic heterocycles. The summed E-state index contributed by atoms with van der Waals surface area (Å²) in [7, 11) is 0. The smallest absolute Gasteiger partial charge is 0.158 e. The highest BCUT2D eigenvalue weighted by molar-refractivity contribution is 6.07. The third-order valence-corrected chi connectivity index (χ3v) is 7.07. The molecule has 8 nitrogen and oxygen atoms in total. The molecule has 3 aliphatic heterocycles. The highest BCUT2D eigenvalue weighted by Gasteiger charge is 2.25. The van der Waals surface area contributed by atoms with Crippen molar-refractivity contribution in [3.05, 3.63) is 71.4 Å². The van der Waals surface area contributed by atoms with Gasteiger partial charge in [-0.3, -0.25) is 9.78 Å². The van der Waals surface area contributed by atoms with Crippen LogP contribution in [0.25, 0.3) is 0 Å². The molecule has 0 radical (unpaired) electrons. The van der Waals surface area contributed by atoms with Crippen LogP contribution in [0, 0.1) is 5.92 Å². The van der Waals surface area contributed by atoms with Crippen LogP contribution >= 0.6 is 0 Å². The van der Waals surface area contributed by atoms with Gasteiger partial charge in [0, 0.05) is 63.0 Å². The molecule has 0 saturated carbocycles. The number of benzene rings is 1. The number of nitrogens with zero attached hydrogens (tertiary/aromatic N) is 6. The molecule has 3 aromatic rings. The highest BCUT2D eigenvalue weighted by Crippen LogP contribution is 2.35. The van der Waals surface area contributed by atoms with E-state index in [1.54, 1.807) is 6.33 Å². The summed E-state index contributed by atoms with van der Waals surface area (Å²) in [6.45, 7) is 7.43. The fraction of sp³-hybridized carbons (Fsp3) is 0.393. The number of Topliss-reactive ketones (excluding diaryl/α,β-unsaturated/α-hetero) is 1. The van der Waals surface area contributed by atoms with Gasteiger partial charge in [-0.25, -0.2) is 15.0 Å². The van der Waals surface area contributed by atoms with E-state index in [-0.39, 0.29) is 5.78 Å². The van der Waals surface area contributed by atoms with Crippen LogP contribution in [-0.4, -0.2) is 65.8 Å². The van der Waals surface area contributed by atoms with Crippen LogP contribution in [-0.2, 0) is 28.8 Å². The van der Waals surface area contributed by atoms with Crippen molar-refractivity contribution in [3.8, 4) is 0 Å². The molecule has 0 unspecified atom stereocenters. The predicted molar refractivity (Wildman–Crippen MR) is 139 cm³/mol. The number of aliphatic imine (C=N–C) groups is 1. The summed E-state index contributed by atoms with van der Waals surface area (Å²) in [5.41, 5.74) is 6.87. The van der Waals surface area contributed by atoms with E-state index < -0.39 is 0 Å². The van der Waals surface area contributed by atoms with Crippen molar-refractivity contribution in [2.24, 2.45) is 10.9 Å². The average Bonchev–Trinajstić information content (AvgIpc) is 3.32. The number of hydrogen-bond acceptors (Lipinski definition) is 8. The number of ether oxygens (including phenoxy) is 1. The van der Waals surface area contributed by atoms with Gasteiger partial charge in [-0.05, 0) is 29.2 Å². The third kappa shape index (κ3) is 4.73. The standard InChI is InChI=1S/C28H30N6O2/c1-19-16-34(17-19)23-6-7-29-22(13-23)14-24(35)12-20-2-4-21(5-3-20)25-15-26-27(32-25)28(31-18-30-26)33-8-10-36-11-9-33/h2-7,13,18-19H,8-12,14-17H2,1H3. The summed E-state index contributed by atoms with van der Waals surface area (Å²) >= 11 is 0. The number of fused-ring (bicyclic) bond motifs is 1. The lowest BCUT2D eigenvalue weighted by atomic mass is 10.00. The second-order valence-electron chi connectivity index (χ2n) is 9.93. The SMILES string of the molecule is CC1CN(c2ccnc(CC(=O)Cc3ccc(C4=Nc5c(ncnc5N5CCOCC5)C4)cc3)c2)C1. The highest BCUT2D eigenvalue weighted by atomic mass is 16.5. The van der Waals surface area contributed by atoms with Crippen LogP contribution in [0.4, 0.5) is 17.2 Å². The normalized spacial score (nSPS) is 17.5. The Morgan fingerprint density at radius 1 is 1.00 bits per heavy atom. The molecular formula is C28H30N6O2. The van der Waals surface area contributed by atoms with Crippen molar-refractivity contribution in [2.45, 2.75) is 26.2 Å². The first-order chi connectivity index (χ1) is 17.6. The van der Waals surface area contributed by atoms with E-state index in [1.165, 1.54) is 0 Å². The van der Waals surface area contributed by atoms with E-state index >= 15 is 0 Å². The minimum Gasteiger partial charge on any atom is -0.378 e. The molecule has 0 N–H and O–H groups in total. The molecule has 5 heterocycles. The molecule has 184 valence electrons. The Hall–Kier alpha value is -3.65.